The molecule has 0 radical (unpaired) electrons. The second-order valence-electron chi connectivity index (χ2n) is 6.03. The number of likely N-dealkylation sites (tertiary alicyclic amines) is 1. The number of carbonyl (C=O) groups is 2. The third-order valence-electron chi connectivity index (χ3n) is 4.27. The molecule has 1 atom stereocenters. The zero-order valence-electron chi connectivity index (χ0n) is 13.1. The first-order valence-corrected chi connectivity index (χ1v) is 7.75. The number of aromatic amines is 1. The highest BCUT2D eigenvalue weighted by atomic mass is 16.2. The summed E-state index contributed by atoms with van der Waals surface area (Å²) in [7, 11) is 0. The van der Waals surface area contributed by atoms with Crippen molar-refractivity contribution in [1.82, 2.24) is 15.1 Å². The van der Waals surface area contributed by atoms with Gasteiger partial charge in [-0.3, -0.25) is 14.7 Å². The van der Waals surface area contributed by atoms with Crippen LogP contribution in [0.4, 0.5) is 0 Å². The average molecular weight is 312 g/mol. The normalized spacial score (nSPS) is 18.0. The summed E-state index contributed by atoms with van der Waals surface area (Å²) in [5, 5.41) is 7.02. The van der Waals surface area contributed by atoms with E-state index in [0.29, 0.717) is 18.8 Å². The van der Waals surface area contributed by atoms with Crippen molar-refractivity contribution in [2.24, 2.45) is 11.7 Å². The summed E-state index contributed by atoms with van der Waals surface area (Å²) in [5.74, 6) is -0.735. The van der Waals surface area contributed by atoms with E-state index >= 15 is 0 Å². The van der Waals surface area contributed by atoms with Crippen molar-refractivity contribution in [2.45, 2.75) is 19.8 Å². The number of carbonyl (C=O) groups excluding carboxylic acids is 2. The van der Waals surface area contributed by atoms with E-state index in [1.807, 2.05) is 31.2 Å². The van der Waals surface area contributed by atoms with E-state index in [2.05, 4.69) is 10.2 Å². The summed E-state index contributed by atoms with van der Waals surface area (Å²) in [6.07, 6.45) is 1.54. The van der Waals surface area contributed by atoms with Gasteiger partial charge in [0.1, 0.15) is 5.69 Å². The van der Waals surface area contributed by atoms with E-state index < -0.39 is 0 Å². The van der Waals surface area contributed by atoms with Gasteiger partial charge in [-0.1, -0.05) is 29.8 Å². The van der Waals surface area contributed by atoms with Crippen LogP contribution in [0.1, 0.15) is 28.9 Å². The van der Waals surface area contributed by atoms with Gasteiger partial charge in [0, 0.05) is 18.7 Å². The fourth-order valence-electron chi connectivity index (χ4n) is 2.87. The van der Waals surface area contributed by atoms with Crippen molar-refractivity contribution in [3.8, 4) is 11.3 Å². The number of aryl methyl sites for hydroxylation is 1. The minimum absolute atomic E-state index is 0.137. The largest absolute Gasteiger partial charge is 0.369 e. The van der Waals surface area contributed by atoms with Crippen LogP contribution < -0.4 is 5.73 Å². The molecule has 1 aromatic carbocycles. The monoisotopic (exact) mass is 312 g/mol. The second-order valence-corrected chi connectivity index (χ2v) is 6.03. The van der Waals surface area contributed by atoms with Crippen LogP contribution in [0.5, 0.6) is 0 Å². The predicted octanol–water partition coefficient (Wildman–Crippen LogP) is 1.72. The minimum atomic E-state index is -0.340. The third kappa shape index (κ3) is 3.26. The minimum Gasteiger partial charge on any atom is -0.369 e. The molecule has 1 aliphatic rings. The van der Waals surface area contributed by atoms with Gasteiger partial charge in [-0.25, -0.2) is 0 Å². The Morgan fingerprint density at radius 2 is 2.04 bits per heavy atom. The van der Waals surface area contributed by atoms with Gasteiger partial charge >= 0.3 is 0 Å². The Balaban J connectivity index is 1.75. The van der Waals surface area contributed by atoms with E-state index in [9.17, 15) is 9.59 Å². The van der Waals surface area contributed by atoms with Crippen LogP contribution in [0, 0.1) is 12.8 Å². The number of nitrogens with two attached hydrogens (primary N) is 1. The standard InChI is InChI=1S/C17H20N4O2/c1-11-4-6-12(7-5-11)14-9-15(20-19-14)17(23)21-8-2-3-13(10-21)16(18)22/h4-7,9,13H,2-3,8,10H2,1H3,(H2,18,22)(H,19,20)/t13-/m0/s1. The number of aromatic nitrogens is 2. The Morgan fingerprint density at radius 3 is 2.74 bits per heavy atom. The maximum Gasteiger partial charge on any atom is 0.271 e. The van der Waals surface area contributed by atoms with Gasteiger partial charge in [0.25, 0.3) is 5.91 Å². The number of nitrogens with zero attached hydrogens (tertiary/aromatic N) is 2. The molecular formula is C17H20N4O2. The Hall–Kier alpha value is -2.63. The number of hydrogen-bond acceptors (Lipinski definition) is 3. The van der Waals surface area contributed by atoms with Gasteiger partial charge in [-0.05, 0) is 25.8 Å². The molecule has 0 saturated carbocycles. The Kier molecular flexibility index (Phi) is 4.14. The second kappa shape index (κ2) is 6.24. The molecule has 2 amide bonds. The number of nitrogens with one attached hydrogen (secondary N) is 1. The van der Waals surface area contributed by atoms with E-state index in [1.54, 1.807) is 11.0 Å². The summed E-state index contributed by atoms with van der Waals surface area (Å²) >= 11 is 0. The first-order chi connectivity index (χ1) is 11.0. The van der Waals surface area contributed by atoms with Gasteiger partial charge in [0.05, 0.1) is 11.6 Å². The van der Waals surface area contributed by atoms with Crippen LogP contribution in [-0.4, -0.2) is 40.0 Å². The van der Waals surface area contributed by atoms with Crippen molar-refractivity contribution in [3.05, 3.63) is 41.6 Å². The van der Waals surface area contributed by atoms with E-state index in [1.165, 1.54) is 5.56 Å². The molecule has 0 bridgehead atoms. The van der Waals surface area contributed by atoms with Crippen LogP contribution in [0.3, 0.4) is 0 Å². The molecule has 120 valence electrons. The van der Waals surface area contributed by atoms with Crippen LogP contribution >= 0.6 is 0 Å². The molecule has 2 aromatic rings. The number of hydrogen-bond donors (Lipinski definition) is 2. The fraction of sp³-hybridized carbons (Fsp3) is 0.353. The molecule has 0 unspecified atom stereocenters. The molecule has 1 saturated heterocycles. The van der Waals surface area contributed by atoms with Crippen LogP contribution in [0.25, 0.3) is 11.3 Å². The van der Waals surface area contributed by atoms with Crippen molar-refractivity contribution in [2.75, 3.05) is 13.1 Å². The summed E-state index contributed by atoms with van der Waals surface area (Å²) < 4.78 is 0. The highest BCUT2D eigenvalue weighted by Gasteiger charge is 2.28. The van der Waals surface area contributed by atoms with Crippen molar-refractivity contribution in [1.29, 1.82) is 0 Å². The summed E-state index contributed by atoms with van der Waals surface area (Å²) in [4.78, 5) is 25.6. The third-order valence-corrected chi connectivity index (χ3v) is 4.27. The molecule has 1 aromatic heterocycles. The molecule has 23 heavy (non-hydrogen) atoms. The van der Waals surface area contributed by atoms with Crippen LogP contribution in [0.15, 0.2) is 30.3 Å². The average Bonchev–Trinajstić information content (AvgIpc) is 3.05. The Bertz CT molecular complexity index is 720. The number of benzene rings is 1. The van der Waals surface area contributed by atoms with Gasteiger partial charge in [-0.2, -0.15) is 5.10 Å². The topological polar surface area (TPSA) is 92.1 Å². The van der Waals surface area contributed by atoms with Crippen molar-refractivity contribution in [3.63, 3.8) is 0 Å². The molecule has 1 fully saturated rings. The summed E-state index contributed by atoms with van der Waals surface area (Å²) in [5.41, 5.74) is 8.66. The lowest BCUT2D eigenvalue weighted by atomic mass is 9.97. The smallest absolute Gasteiger partial charge is 0.271 e. The van der Waals surface area contributed by atoms with Crippen molar-refractivity contribution >= 4 is 11.8 Å². The summed E-state index contributed by atoms with van der Waals surface area (Å²) in [6, 6.07) is 9.72. The quantitative estimate of drug-likeness (QED) is 0.904. The van der Waals surface area contributed by atoms with Gasteiger partial charge in [-0.15, -0.1) is 0 Å². The molecule has 0 aliphatic carbocycles. The zero-order chi connectivity index (χ0) is 16.4. The van der Waals surface area contributed by atoms with Gasteiger partial charge in [0.15, 0.2) is 0 Å². The Morgan fingerprint density at radius 1 is 1.30 bits per heavy atom. The van der Waals surface area contributed by atoms with Crippen molar-refractivity contribution < 1.29 is 9.59 Å². The number of primary amides is 1. The molecule has 1 aliphatic heterocycles. The maximum absolute atomic E-state index is 12.6. The summed E-state index contributed by atoms with van der Waals surface area (Å²) in [6.45, 7) is 3.04. The molecule has 3 N–H and O–H groups in total. The first kappa shape index (κ1) is 15.3. The molecular weight excluding hydrogens is 292 g/mol. The van der Waals surface area contributed by atoms with E-state index in [0.717, 1.165) is 24.1 Å². The number of rotatable bonds is 3. The molecule has 0 spiro atoms. The van der Waals surface area contributed by atoms with E-state index in [-0.39, 0.29) is 17.7 Å². The predicted molar refractivity (Wildman–Crippen MR) is 86.6 cm³/mol. The van der Waals surface area contributed by atoms with Gasteiger partial charge in [0.2, 0.25) is 5.91 Å². The molecule has 3 rings (SSSR count). The lowest BCUT2D eigenvalue weighted by Gasteiger charge is -2.30. The highest BCUT2D eigenvalue weighted by Crippen LogP contribution is 2.21. The van der Waals surface area contributed by atoms with Crippen LogP contribution in [0.2, 0.25) is 0 Å². The fourth-order valence-corrected chi connectivity index (χ4v) is 2.87. The zero-order valence-corrected chi connectivity index (χ0v) is 13.1. The molecule has 2 heterocycles. The molecule has 6 heteroatoms. The number of piperidine rings is 1. The Labute approximate surface area is 134 Å². The molecule has 6 nitrogen and oxygen atoms in total. The van der Waals surface area contributed by atoms with Crippen LogP contribution in [-0.2, 0) is 4.79 Å². The lowest BCUT2D eigenvalue weighted by molar-refractivity contribution is -0.123. The van der Waals surface area contributed by atoms with Gasteiger partial charge < -0.3 is 10.6 Å². The maximum atomic E-state index is 12.6. The van der Waals surface area contributed by atoms with E-state index in [4.69, 9.17) is 5.73 Å². The lowest BCUT2D eigenvalue weighted by Crippen LogP contribution is -2.44. The first-order valence-electron chi connectivity index (χ1n) is 7.75. The number of amides is 2. The number of H-pyrrole nitrogens is 1. The highest BCUT2D eigenvalue weighted by molar-refractivity contribution is 5.94. The SMILES string of the molecule is Cc1ccc(-c2cc(C(=O)N3CCC[C@H](C(N)=O)C3)[nH]n2)cc1.